The summed E-state index contributed by atoms with van der Waals surface area (Å²) in [7, 11) is 1.68. The molecular formula is C13H14ClF3N4. The Morgan fingerprint density at radius 3 is 2.52 bits per heavy atom. The van der Waals surface area contributed by atoms with Crippen molar-refractivity contribution in [1.82, 2.24) is 15.2 Å². The van der Waals surface area contributed by atoms with Crippen molar-refractivity contribution in [3.63, 3.8) is 0 Å². The van der Waals surface area contributed by atoms with Crippen LogP contribution in [0.15, 0.2) is 12.1 Å². The average molecular weight is 319 g/mol. The van der Waals surface area contributed by atoms with Gasteiger partial charge in [-0.05, 0) is 13.0 Å². The molecular weight excluding hydrogens is 305 g/mol. The summed E-state index contributed by atoms with van der Waals surface area (Å²) in [4.78, 5) is 0. The lowest BCUT2D eigenvalue weighted by atomic mass is 10.0. The van der Waals surface area contributed by atoms with Crippen molar-refractivity contribution in [2.24, 2.45) is 12.9 Å². The number of nitrogens with one attached hydrogen (secondary N) is 1. The fraction of sp³-hybridized carbons (Fsp3) is 0.308. The Hall–Kier alpha value is -1.57. The van der Waals surface area contributed by atoms with Gasteiger partial charge in [0.1, 0.15) is 0 Å². The molecule has 0 saturated carbocycles. The Bertz CT molecular complexity index is 672. The summed E-state index contributed by atoms with van der Waals surface area (Å²) in [6, 6.07) is 1.23. The summed E-state index contributed by atoms with van der Waals surface area (Å²) in [6.45, 7) is 1.73. The molecule has 21 heavy (non-hydrogen) atoms. The number of rotatable bonds is 4. The van der Waals surface area contributed by atoms with E-state index in [4.69, 9.17) is 17.4 Å². The number of aromatic nitrogens is 2. The molecule has 4 nitrogen and oxygen atoms in total. The molecule has 0 amide bonds. The second-order valence-electron chi connectivity index (χ2n) is 4.66. The zero-order chi connectivity index (χ0) is 15.7. The molecule has 0 aliphatic rings. The van der Waals surface area contributed by atoms with Gasteiger partial charge < -0.3 is 0 Å². The zero-order valence-electron chi connectivity index (χ0n) is 11.4. The number of nitrogens with zero attached hydrogens (tertiary/aromatic N) is 2. The van der Waals surface area contributed by atoms with Gasteiger partial charge in [-0.15, -0.1) is 0 Å². The van der Waals surface area contributed by atoms with Gasteiger partial charge in [-0.25, -0.2) is 13.2 Å². The van der Waals surface area contributed by atoms with Crippen LogP contribution in [0, 0.1) is 24.4 Å². The lowest BCUT2D eigenvalue weighted by molar-refractivity contribution is 0.422. The standard InChI is InChI=1S/C13H14ClF3N4/c1-6-11(14)10(21(2)20-6)5-9(19-18)7-3-4-8(15)13(17)12(7)16/h3-4,9,19H,5,18H2,1-2H3. The first-order chi connectivity index (χ1) is 9.86. The molecule has 1 heterocycles. The summed E-state index contributed by atoms with van der Waals surface area (Å²) < 4.78 is 41.7. The van der Waals surface area contributed by atoms with E-state index in [0.29, 0.717) is 16.4 Å². The summed E-state index contributed by atoms with van der Waals surface area (Å²) in [6.07, 6.45) is 0.175. The van der Waals surface area contributed by atoms with Gasteiger partial charge in [0.25, 0.3) is 0 Å². The van der Waals surface area contributed by atoms with Gasteiger partial charge in [0.15, 0.2) is 17.5 Å². The Labute approximate surface area is 124 Å². The fourth-order valence-electron chi connectivity index (χ4n) is 2.16. The van der Waals surface area contributed by atoms with E-state index < -0.39 is 23.5 Å². The average Bonchev–Trinajstić information content (AvgIpc) is 2.69. The van der Waals surface area contributed by atoms with Crippen LogP contribution >= 0.6 is 11.6 Å². The second-order valence-corrected chi connectivity index (χ2v) is 5.04. The Morgan fingerprint density at radius 2 is 2.00 bits per heavy atom. The Kier molecular flexibility index (Phi) is 4.55. The normalized spacial score (nSPS) is 12.7. The van der Waals surface area contributed by atoms with Crippen LogP contribution in [-0.2, 0) is 13.5 Å². The van der Waals surface area contributed by atoms with Gasteiger partial charge in [-0.1, -0.05) is 17.7 Å². The van der Waals surface area contributed by atoms with E-state index in [2.05, 4.69) is 10.5 Å². The quantitative estimate of drug-likeness (QED) is 0.517. The number of hydrogen-bond acceptors (Lipinski definition) is 3. The molecule has 0 fully saturated rings. The summed E-state index contributed by atoms with van der Waals surface area (Å²) in [5, 5.41) is 4.57. The van der Waals surface area contributed by atoms with Crippen LogP contribution in [0.2, 0.25) is 5.02 Å². The highest BCUT2D eigenvalue weighted by molar-refractivity contribution is 6.31. The SMILES string of the molecule is Cc1nn(C)c(CC(NN)c2ccc(F)c(F)c2F)c1Cl. The molecule has 0 aliphatic carbocycles. The number of halogens is 4. The lowest BCUT2D eigenvalue weighted by Crippen LogP contribution is -2.31. The molecule has 1 aromatic carbocycles. The van der Waals surface area contributed by atoms with Gasteiger partial charge >= 0.3 is 0 Å². The van der Waals surface area contributed by atoms with Gasteiger partial charge in [0.2, 0.25) is 0 Å². The molecule has 114 valence electrons. The summed E-state index contributed by atoms with van der Waals surface area (Å²) in [5.41, 5.74) is 3.54. The summed E-state index contributed by atoms with van der Waals surface area (Å²) in [5.74, 6) is 1.36. The van der Waals surface area contributed by atoms with E-state index >= 15 is 0 Å². The highest BCUT2D eigenvalue weighted by atomic mass is 35.5. The minimum absolute atomic E-state index is 0.0775. The molecule has 0 radical (unpaired) electrons. The fourth-order valence-corrected chi connectivity index (χ4v) is 2.40. The van der Waals surface area contributed by atoms with Crippen molar-refractivity contribution in [3.05, 3.63) is 51.6 Å². The highest BCUT2D eigenvalue weighted by Gasteiger charge is 2.23. The molecule has 0 spiro atoms. The molecule has 8 heteroatoms. The van der Waals surface area contributed by atoms with E-state index in [0.717, 1.165) is 12.1 Å². The summed E-state index contributed by atoms with van der Waals surface area (Å²) >= 11 is 6.12. The maximum atomic E-state index is 13.8. The molecule has 1 atom stereocenters. The van der Waals surface area contributed by atoms with Crippen LogP contribution in [0.4, 0.5) is 13.2 Å². The largest absolute Gasteiger partial charge is 0.271 e. The molecule has 0 saturated heterocycles. The van der Waals surface area contributed by atoms with Crippen molar-refractivity contribution >= 4 is 11.6 Å². The third kappa shape index (κ3) is 2.90. The van der Waals surface area contributed by atoms with E-state index in [1.165, 1.54) is 0 Å². The van der Waals surface area contributed by atoms with Crippen LogP contribution in [0.5, 0.6) is 0 Å². The molecule has 1 unspecified atom stereocenters. The first-order valence-corrected chi connectivity index (χ1v) is 6.52. The van der Waals surface area contributed by atoms with Gasteiger partial charge in [-0.3, -0.25) is 16.0 Å². The minimum atomic E-state index is -1.53. The molecule has 0 bridgehead atoms. The highest BCUT2D eigenvalue weighted by Crippen LogP contribution is 2.27. The number of hydrazine groups is 1. The number of aryl methyl sites for hydroxylation is 2. The Morgan fingerprint density at radius 1 is 1.33 bits per heavy atom. The van der Waals surface area contributed by atoms with Crippen LogP contribution in [-0.4, -0.2) is 9.78 Å². The number of benzene rings is 1. The Balaban J connectivity index is 2.39. The third-order valence-corrected chi connectivity index (χ3v) is 3.79. The second kappa shape index (κ2) is 6.05. The predicted molar refractivity (Wildman–Crippen MR) is 73.0 cm³/mol. The van der Waals surface area contributed by atoms with Crippen molar-refractivity contribution in [3.8, 4) is 0 Å². The van der Waals surface area contributed by atoms with E-state index in [1.807, 2.05) is 0 Å². The van der Waals surface area contributed by atoms with Crippen LogP contribution < -0.4 is 11.3 Å². The minimum Gasteiger partial charge on any atom is -0.271 e. The van der Waals surface area contributed by atoms with Crippen LogP contribution in [0.25, 0.3) is 0 Å². The first kappa shape index (κ1) is 15.8. The molecule has 1 aromatic heterocycles. The van der Waals surface area contributed by atoms with E-state index in [1.54, 1.807) is 18.7 Å². The molecule has 3 N–H and O–H groups in total. The van der Waals surface area contributed by atoms with Gasteiger partial charge in [0.05, 0.1) is 22.5 Å². The molecule has 0 aliphatic heterocycles. The maximum Gasteiger partial charge on any atom is 0.194 e. The van der Waals surface area contributed by atoms with Gasteiger partial charge in [0, 0.05) is 19.0 Å². The smallest absolute Gasteiger partial charge is 0.194 e. The first-order valence-electron chi connectivity index (χ1n) is 6.14. The zero-order valence-corrected chi connectivity index (χ0v) is 12.2. The number of nitrogens with two attached hydrogens (primary N) is 1. The number of hydrogen-bond donors (Lipinski definition) is 2. The monoisotopic (exact) mass is 318 g/mol. The van der Waals surface area contributed by atoms with Crippen LogP contribution in [0.3, 0.4) is 0 Å². The van der Waals surface area contributed by atoms with Crippen molar-refractivity contribution < 1.29 is 13.2 Å². The molecule has 2 aromatic rings. The maximum absolute atomic E-state index is 13.8. The van der Waals surface area contributed by atoms with Crippen molar-refractivity contribution in [1.29, 1.82) is 0 Å². The van der Waals surface area contributed by atoms with Crippen molar-refractivity contribution in [2.75, 3.05) is 0 Å². The topological polar surface area (TPSA) is 55.9 Å². The lowest BCUT2D eigenvalue weighted by Gasteiger charge is -2.18. The predicted octanol–water partition coefficient (Wildman–Crippen LogP) is 2.55. The van der Waals surface area contributed by atoms with E-state index in [9.17, 15) is 13.2 Å². The third-order valence-electron chi connectivity index (χ3n) is 3.30. The van der Waals surface area contributed by atoms with Gasteiger partial charge in [-0.2, -0.15) is 5.10 Å². The van der Waals surface area contributed by atoms with Crippen LogP contribution in [0.1, 0.15) is 23.0 Å². The van der Waals surface area contributed by atoms with E-state index in [-0.39, 0.29) is 12.0 Å². The molecule has 2 rings (SSSR count). The van der Waals surface area contributed by atoms with Crippen molar-refractivity contribution in [2.45, 2.75) is 19.4 Å².